The number of aromatic nitrogens is 2. The van der Waals surface area contributed by atoms with Crippen molar-refractivity contribution < 1.29 is 5.11 Å². The average molecular weight is 256 g/mol. The number of hydrogen-bond donors (Lipinski definition) is 3. The van der Waals surface area contributed by atoms with E-state index >= 15 is 0 Å². The molecule has 1 unspecified atom stereocenters. The third-order valence-corrected chi connectivity index (χ3v) is 2.70. The van der Waals surface area contributed by atoms with Crippen molar-refractivity contribution in [3.05, 3.63) is 35.5 Å². The Kier molecular flexibility index (Phi) is 3.95. The molecule has 19 heavy (non-hydrogen) atoms. The summed E-state index contributed by atoms with van der Waals surface area (Å²) in [6, 6.07) is 7.81. The molecule has 0 aliphatic heterocycles. The molecule has 2 aromatic rings. The van der Waals surface area contributed by atoms with E-state index in [0.29, 0.717) is 0 Å². The molecule has 98 valence electrons. The molecular weight excluding hydrogens is 240 g/mol. The van der Waals surface area contributed by atoms with Gasteiger partial charge in [-0.25, -0.2) is 0 Å². The van der Waals surface area contributed by atoms with Gasteiger partial charge in [-0.3, -0.25) is 10.4 Å². The summed E-state index contributed by atoms with van der Waals surface area (Å²) in [6.07, 6.45) is 2.44. The number of fused-ring (bicyclic) bond motifs is 1. The van der Waals surface area contributed by atoms with Crippen molar-refractivity contribution in [1.82, 2.24) is 15.5 Å². The Morgan fingerprint density at radius 1 is 1.53 bits per heavy atom. The van der Waals surface area contributed by atoms with Crippen LogP contribution >= 0.6 is 0 Å². The van der Waals surface area contributed by atoms with Gasteiger partial charge >= 0.3 is 0 Å². The summed E-state index contributed by atoms with van der Waals surface area (Å²) in [5, 5.41) is 29.7. The standard InChI is InChI=1S/C14H16N4O/c1-9(2)17-14(19)11(7-15)5-10-3-4-13-12(6-10)8-16-18-13/h3-6,8-9,14,17,19H,1-2H3,(H,16,18)/b11-5+. The predicted octanol–water partition coefficient (Wildman–Crippen LogP) is 1.79. The Labute approximate surface area is 111 Å². The summed E-state index contributed by atoms with van der Waals surface area (Å²) in [5.74, 6) is 0. The zero-order chi connectivity index (χ0) is 13.8. The summed E-state index contributed by atoms with van der Waals surface area (Å²) >= 11 is 0. The van der Waals surface area contributed by atoms with Gasteiger partial charge in [0, 0.05) is 11.4 Å². The minimum absolute atomic E-state index is 0.100. The Morgan fingerprint density at radius 2 is 2.32 bits per heavy atom. The van der Waals surface area contributed by atoms with E-state index < -0.39 is 6.23 Å². The van der Waals surface area contributed by atoms with E-state index in [1.54, 1.807) is 12.3 Å². The molecule has 0 saturated heterocycles. The van der Waals surface area contributed by atoms with E-state index in [0.717, 1.165) is 16.5 Å². The molecule has 0 aliphatic carbocycles. The quantitative estimate of drug-likeness (QED) is 0.575. The van der Waals surface area contributed by atoms with Gasteiger partial charge in [0.05, 0.1) is 23.4 Å². The van der Waals surface area contributed by atoms with Crippen LogP contribution in [0.3, 0.4) is 0 Å². The minimum Gasteiger partial charge on any atom is -0.374 e. The normalized spacial score (nSPS) is 13.7. The molecule has 5 heteroatoms. The van der Waals surface area contributed by atoms with E-state index in [4.69, 9.17) is 5.26 Å². The Bertz CT molecular complexity index is 636. The van der Waals surface area contributed by atoms with Crippen molar-refractivity contribution in [3.63, 3.8) is 0 Å². The number of rotatable bonds is 4. The third-order valence-electron chi connectivity index (χ3n) is 2.70. The first-order valence-corrected chi connectivity index (χ1v) is 6.09. The van der Waals surface area contributed by atoms with Crippen LogP contribution in [0.4, 0.5) is 0 Å². The van der Waals surface area contributed by atoms with Crippen molar-refractivity contribution in [1.29, 1.82) is 5.26 Å². The SMILES string of the molecule is CC(C)NC(O)/C(C#N)=C/c1ccc2[nH]ncc2c1. The van der Waals surface area contributed by atoms with E-state index in [1.807, 2.05) is 38.1 Å². The Hall–Kier alpha value is -2.16. The van der Waals surface area contributed by atoms with Gasteiger partial charge in [-0.2, -0.15) is 10.4 Å². The average Bonchev–Trinajstić information content (AvgIpc) is 2.82. The van der Waals surface area contributed by atoms with Crippen LogP contribution in [-0.4, -0.2) is 27.6 Å². The number of aromatic amines is 1. The summed E-state index contributed by atoms with van der Waals surface area (Å²) in [6.45, 7) is 3.82. The molecule has 1 heterocycles. The highest BCUT2D eigenvalue weighted by molar-refractivity contribution is 5.81. The number of aliphatic hydroxyl groups is 1. The van der Waals surface area contributed by atoms with Gasteiger partial charge in [0.1, 0.15) is 6.23 Å². The summed E-state index contributed by atoms with van der Waals surface area (Å²) in [7, 11) is 0. The van der Waals surface area contributed by atoms with Crippen molar-refractivity contribution in [2.75, 3.05) is 0 Å². The van der Waals surface area contributed by atoms with Gasteiger partial charge in [-0.15, -0.1) is 0 Å². The summed E-state index contributed by atoms with van der Waals surface area (Å²) < 4.78 is 0. The fourth-order valence-electron chi connectivity index (χ4n) is 1.81. The molecule has 0 amide bonds. The maximum atomic E-state index is 9.89. The van der Waals surface area contributed by atoms with Crippen molar-refractivity contribution >= 4 is 17.0 Å². The molecule has 2 rings (SSSR count). The van der Waals surface area contributed by atoms with Crippen molar-refractivity contribution in [2.45, 2.75) is 26.1 Å². The van der Waals surface area contributed by atoms with Gasteiger partial charge < -0.3 is 5.11 Å². The van der Waals surface area contributed by atoms with Crippen LogP contribution in [0, 0.1) is 11.3 Å². The van der Waals surface area contributed by atoms with Gasteiger partial charge in [0.25, 0.3) is 0 Å². The Morgan fingerprint density at radius 3 is 3.00 bits per heavy atom. The highest BCUT2D eigenvalue weighted by Crippen LogP contribution is 2.16. The maximum absolute atomic E-state index is 9.89. The largest absolute Gasteiger partial charge is 0.374 e. The van der Waals surface area contributed by atoms with Crippen molar-refractivity contribution in [3.8, 4) is 6.07 Å². The lowest BCUT2D eigenvalue weighted by atomic mass is 10.1. The van der Waals surface area contributed by atoms with Gasteiger partial charge in [-0.1, -0.05) is 6.07 Å². The lowest BCUT2D eigenvalue weighted by Crippen LogP contribution is -2.35. The fourth-order valence-corrected chi connectivity index (χ4v) is 1.81. The maximum Gasteiger partial charge on any atom is 0.141 e. The lowest BCUT2D eigenvalue weighted by Gasteiger charge is -2.14. The molecule has 0 bridgehead atoms. The smallest absolute Gasteiger partial charge is 0.141 e. The number of H-pyrrole nitrogens is 1. The fraction of sp³-hybridized carbons (Fsp3) is 0.286. The van der Waals surface area contributed by atoms with E-state index in [-0.39, 0.29) is 11.6 Å². The number of benzene rings is 1. The second-order valence-electron chi connectivity index (χ2n) is 4.65. The van der Waals surface area contributed by atoms with Crippen molar-refractivity contribution in [2.24, 2.45) is 0 Å². The van der Waals surface area contributed by atoms with Crippen LogP contribution in [0.5, 0.6) is 0 Å². The van der Waals surface area contributed by atoms with Gasteiger partial charge in [-0.05, 0) is 37.6 Å². The first kappa shape index (κ1) is 13.3. The van der Waals surface area contributed by atoms with E-state index in [1.165, 1.54) is 0 Å². The highest BCUT2D eigenvalue weighted by atomic mass is 16.3. The van der Waals surface area contributed by atoms with Crippen LogP contribution < -0.4 is 5.32 Å². The van der Waals surface area contributed by atoms with Gasteiger partial charge in [0.15, 0.2) is 0 Å². The monoisotopic (exact) mass is 256 g/mol. The molecule has 0 aliphatic rings. The first-order valence-electron chi connectivity index (χ1n) is 6.09. The van der Waals surface area contributed by atoms with E-state index in [9.17, 15) is 5.11 Å². The number of hydrogen-bond acceptors (Lipinski definition) is 4. The van der Waals surface area contributed by atoms with Gasteiger partial charge in [0.2, 0.25) is 0 Å². The minimum atomic E-state index is -0.954. The van der Waals surface area contributed by atoms with Crippen LogP contribution in [0.15, 0.2) is 30.0 Å². The predicted molar refractivity (Wildman–Crippen MR) is 74.0 cm³/mol. The number of nitrogens with one attached hydrogen (secondary N) is 2. The topological polar surface area (TPSA) is 84.7 Å². The molecular formula is C14H16N4O. The lowest BCUT2D eigenvalue weighted by molar-refractivity contribution is 0.167. The second kappa shape index (κ2) is 5.65. The second-order valence-corrected chi connectivity index (χ2v) is 4.65. The zero-order valence-electron chi connectivity index (χ0n) is 10.9. The van der Waals surface area contributed by atoms with Crippen LogP contribution in [0.2, 0.25) is 0 Å². The molecule has 3 N–H and O–H groups in total. The van der Waals surface area contributed by atoms with Crippen LogP contribution in [0.1, 0.15) is 19.4 Å². The number of nitrogens with zero attached hydrogens (tertiary/aromatic N) is 2. The molecule has 1 aromatic heterocycles. The van der Waals surface area contributed by atoms with Crippen LogP contribution in [0.25, 0.3) is 17.0 Å². The van der Waals surface area contributed by atoms with E-state index in [2.05, 4.69) is 15.5 Å². The molecule has 0 spiro atoms. The summed E-state index contributed by atoms with van der Waals surface area (Å²) in [4.78, 5) is 0. The summed E-state index contributed by atoms with van der Waals surface area (Å²) in [5.41, 5.74) is 2.09. The first-order chi connectivity index (χ1) is 9.10. The molecule has 1 atom stereocenters. The molecule has 5 nitrogen and oxygen atoms in total. The zero-order valence-corrected chi connectivity index (χ0v) is 10.9. The number of aliphatic hydroxyl groups excluding tert-OH is 1. The molecule has 0 fully saturated rings. The molecule has 0 saturated carbocycles. The number of nitriles is 1. The van der Waals surface area contributed by atoms with Crippen LogP contribution in [-0.2, 0) is 0 Å². The molecule has 0 radical (unpaired) electrons. The Balaban J connectivity index is 2.28. The molecule has 1 aromatic carbocycles. The third kappa shape index (κ3) is 3.19. The highest BCUT2D eigenvalue weighted by Gasteiger charge is 2.11.